The van der Waals surface area contributed by atoms with E-state index in [2.05, 4.69) is 10.3 Å². The summed E-state index contributed by atoms with van der Waals surface area (Å²) in [6.07, 6.45) is 1.25. The van der Waals surface area contributed by atoms with E-state index in [0.29, 0.717) is 17.8 Å². The first-order valence-electron chi connectivity index (χ1n) is 5.15. The minimum atomic E-state index is -1.33. The Morgan fingerprint density at radius 3 is 2.42 bits per heavy atom. The van der Waals surface area contributed by atoms with Crippen molar-refractivity contribution in [3.05, 3.63) is 53.6 Å². The Kier molecular flexibility index (Phi) is 3.37. The number of amides is 1. The van der Waals surface area contributed by atoms with E-state index in [-0.39, 0.29) is 5.69 Å². The second-order valence-electron chi connectivity index (χ2n) is 3.68. The van der Waals surface area contributed by atoms with Crippen LogP contribution in [0.1, 0.15) is 10.5 Å². The number of carbonyl (C=O) groups is 1. The SMILES string of the molecule is Nc1ccc(C(=O)Nc2cc(F)c(F)cc2F)nc1. The van der Waals surface area contributed by atoms with Gasteiger partial charge in [-0.1, -0.05) is 0 Å². The first kappa shape index (κ1) is 12.9. The molecular weight excluding hydrogens is 259 g/mol. The van der Waals surface area contributed by atoms with Crippen LogP contribution >= 0.6 is 0 Å². The van der Waals surface area contributed by atoms with Crippen molar-refractivity contribution in [2.45, 2.75) is 0 Å². The summed E-state index contributed by atoms with van der Waals surface area (Å²) in [6, 6.07) is 3.66. The first-order valence-corrected chi connectivity index (χ1v) is 5.15. The van der Waals surface area contributed by atoms with Crippen LogP contribution in [0.3, 0.4) is 0 Å². The van der Waals surface area contributed by atoms with Gasteiger partial charge in [0, 0.05) is 12.1 Å². The molecule has 3 N–H and O–H groups in total. The van der Waals surface area contributed by atoms with Crippen LogP contribution in [0.2, 0.25) is 0 Å². The Bertz CT molecular complexity index is 629. The van der Waals surface area contributed by atoms with Crippen LogP contribution in [0, 0.1) is 17.5 Å². The molecule has 0 saturated carbocycles. The number of nitrogens with two attached hydrogens (primary N) is 1. The van der Waals surface area contributed by atoms with Crippen LogP contribution in [0.15, 0.2) is 30.5 Å². The van der Waals surface area contributed by atoms with Gasteiger partial charge in [0.2, 0.25) is 0 Å². The molecule has 0 spiro atoms. The number of carbonyl (C=O) groups excluding carboxylic acids is 1. The van der Waals surface area contributed by atoms with Gasteiger partial charge in [-0.3, -0.25) is 4.79 Å². The van der Waals surface area contributed by atoms with Crippen LogP contribution in [0.5, 0.6) is 0 Å². The van der Waals surface area contributed by atoms with E-state index >= 15 is 0 Å². The lowest BCUT2D eigenvalue weighted by Crippen LogP contribution is -2.15. The predicted molar refractivity (Wildman–Crippen MR) is 62.9 cm³/mol. The van der Waals surface area contributed by atoms with E-state index in [1.165, 1.54) is 18.3 Å². The largest absolute Gasteiger partial charge is 0.397 e. The summed E-state index contributed by atoms with van der Waals surface area (Å²) >= 11 is 0. The molecule has 0 fully saturated rings. The number of anilines is 2. The molecule has 1 aromatic heterocycles. The predicted octanol–water partition coefficient (Wildman–Crippen LogP) is 2.33. The molecule has 0 saturated heterocycles. The molecule has 19 heavy (non-hydrogen) atoms. The third-order valence-corrected chi connectivity index (χ3v) is 2.28. The highest BCUT2D eigenvalue weighted by atomic mass is 19.2. The topological polar surface area (TPSA) is 68.0 Å². The maximum atomic E-state index is 13.3. The van der Waals surface area contributed by atoms with Gasteiger partial charge in [0.25, 0.3) is 5.91 Å². The summed E-state index contributed by atoms with van der Waals surface area (Å²) in [5.74, 6) is -4.43. The zero-order valence-electron chi connectivity index (χ0n) is 9.45. The minimum Gasteiger partial charge on any atom is -0.397 e. The lowest BCUT2D eigenvalue weighted by Gasteiger charge is -2.06. The van der Waals surface area contributed by atoms with Gasteiger partial charge < -0.3 is 11.1 Å². The van der Waals surface area contributed by atoms with E-state index in [9.17, 15) is 18.0 Å². The summed E-state index contributed by atoms with van der Waals surface area (Å²) in [6.45, 7) is 0. The number of halogens is 3. The molecule has 4 nitrogen and oxygen atoms in total. The van der Waals surface area contributed by atoms with E-state index in [4.69, 9.17) is 5.73 Å². The number of rotatable bonds is 2. The Morgan fingerprint density at radius 2 is 1.79 bits per heavy atom. The standard InChI is InChI=1S/C12H8F3N3O/c13-7-3-9(15)11(4-8(7)14)18-12(19)10-2-1-6(16)5-17-10/h1-5H,16H2,(H,18,19). The molecule has 0 bridgehead atoms. The van der Waals surface area contributed by atoms with E-state index in [1.54, 1.807) is 0 Å². The van der Waals surface area contributed by atoms with Crippen LogP contribution in [0.25, 0.3) is 0 Å². The molecule has 98 valence electrons. The Labute approximate surface area is 106 Å². The van der Waals surface area contributed by atoms with Crippen LogP contribution in [-0.4, -0.2) is 10.9 Å². The number of aromatic nitrogens is 1. The van der Waals surface area contributed by atoms with Gasteiger partial charge in [0.1, 0.15) is 11.5 Å². The molecule has 1 amide bonds. The minimum absolute atomic E-state index is 0.0293. The monoisotopic (exact) mass is 267 g/mol. The molecule has 2 aromatic rings. The van der Waals surface area contributed by atoms with E-state index in [0.717, 1.165) is 0 Å². The number of hydrogen-bond donors (Lipinski definition) is 2. The molecule has 0 aliphatic carbocycles. The summed E-state index contributed by atoms with van der Waals surface area (Å²) < 4.78 is 39.0. The van der Waals surface area contributed by atoms with Crippen molar-refractivity contribution in [2.75, 3.05) is 11.1 Å². The lowest BCUT2D eigenvalue weighted by molar-refractivity contribution is 0.102. The van der Waals surface area contributed by atoms with Gasteiger partial charge in [-0.25, -0.2) is 18.2 Å². The highest BCUT2D eigenvalue weighted by molar-refractivity contribution is 6.03. The van der Waals surface area contributed by atoms with Crippen molar-refractivity contribution in [1.82, 2.24) is 4.98 Å². The Morgan fingerprint density at radius 1 is 1.11 bits per heavy atom. The highest BCUT2D eigenvalue weighted by Crippen LogP contribution is 2.19. The molecule has 0 unspecified atom stereocenters. The average Bonchev–Trinajstić information content (AvgIpc) is 2.36. The maximum absolute atomic E-state index is 13.3. The molecule has 0 atom stereocenters. The van der Waals surface area contributed by atoms with Gasteiger partial charge in [-0.05, 0) is 12.1 Å². The fourth-order valence-corrected chi connectivity index (χ4v) is 1.34. The van der Waals surface area contributed by atoms with Gasteiger partial charge in [0.15, 0.2) is 11.6 Å². The van der Waals surface area contributed by atoms with Gasteiger partial charge in [-0.15, -0.1) is 0 Å². The van der Waals surface area contributed by atoms with Crippen molar-refractivity contribution in [3.8, 4) is 0 Å². The summed E-state index contributed by atoms with van der Waals surface area (Å²) in [7, 11) is 0. The molecule has 1 heterocycles. The molecule has 0 aliphatic rings. The maximum Gasteiger partial charge on any atom is 0.274 e. The smallest absolute Gasteiger partial charge is 0.274 e. The molecule has 0 radical (unpaired) electrons. The van der Waals surface area contributed by atoms with E-state index < -0.39 is 29.0 Å². The third-order valence-electron chi connectivity index (χ3n) is 2.28. The van der Waals surface area contributed by atoms with Crippen molar-refractivity contribution in [3.63, 3.8) is 0 Å². The first-order chi connectivity index (χ1) is 8.97. The normalized spacial score (nSPS) is 10.3. The third kappa shape index (κ3) is 2.82. The van der Waals surface area contributed by atoms with E-state index in [1.807, 2.05) is 0 Å². The van der Waals surface area contributed by atoms with Crippen molar-refractivity contribution < 1.29 is 18.0 Å². The number of pyridine rings is 1. The zero-order chi connectivity index (χ0) is 14.0. The van der Waals surface area contributed by atoms with Gasteiger partial charge >= 0.3 is 0 Å². The fraction of sp³-hybridized carbons (Fsp3) is 0. The Hall–Kier alpha value is -2.57. The fourth-order valence-electron chi connectivity index (χ4n) is 1.34. The zero-order valence-corrected chi connectivity index (χ0v) is 9.45. The second-order valence-corrected chi connectivity index (χ2v) is 3.68. The number of nitrogen functional groups attached to an aromatic ring is 1. The number of nitrogens with zero attached hydrogens (tertiary/aromatic N) is 1. The average molecular weight is 267 g/mol. The summed E-state index contributed by atoms with van der Waals surface area (Å²) in [4.78, 5) is 15.4. The van der Waals surface area contributed by atoms with Gasteiger partial charge in [-0.2, -0.15) is 0 Å². The lowest BCUT2D eigenvalue weighted by atomic mass is 10.2. The quantitative estimate of drug-likeness (QED) is 0.820. The second kappa shape index (κ2) is 4.97. The van der Waals surface area contributed by atoms with Crippen molar-refractivity contribution >= 4 is 17.3 Å². The number of hydrogen-bond acceptors (Lipinski definition) is 3. The molecule has 0 aliphatic heterocycles. The summed E-state index contributed by atoms with van der Waals surface area (Å²) in [5.41, 5.74) is 5.25. The summed E-state index contributed by atoms with van der Waals surface area (Å²) in [5, 5.41) is 2.09. The van der Waals surface area contributed by atoms with Crippen molar-refractivity contribution in [1.29, 1.82) is 0 Å². The molecule has 1 aromatic carbocycles. The Balaban J connectivity index is 2.24. The molecule has 2 rings (SSSR count). The van der Waals surface area contributed by atoms with Crippen LogP contribution < -0.4 is 11.1 Å². The van der Waals surface area contributed by atoms with Crippen molar-refractivity contribution in [2.24, 2.45) is 0 Å². The highest BCUT2D eigenvalue weighted by Gasteiger charge is 2.14. The number of nitrogens with one attached hydrogen (secondary N) is 1. The number of benzene rings is 1. The molecular formula is C12H8F3N3O. The van der Waals surface area contributed by atoms with Crippen LogP contribution in [0.4, 0.5) is 24.5 Å². The van der Waals surface area contributed by atoms with Crippen LogP contribution in [-0.2, 0) is 0 Å². The van der Waals surface area contributed by atoms with Gasteiger partial charge in [0.05, 0.1) is 17.6 Å². The molecule has 7 heteroatoms.